The van der Waals surface area contributed by atoms with Gasteiger partial charge in [0.05, 0.1) is 0 Å². The molecular weight excluding hydrogens is 605 g/mol. The Hall–Kier alpha value is -1.98. The van der Waals surface area contributed by atoms with Gasteiger partial charge in [-0.25, -0.2) is 0 Å². The second-order valence-electron chi connectivity index (χ2n) is 8.70. The van der Waals surface area contributed by atoms with Crippen LogP contribution < -0.4 is 0 Å². The summed E-state index contributed by atoms with van der Waals surface area (Å²) in [7, 11) is 0. The van der Waals surface area contributed by atoms with Crippen molar-refractivity contribution in [3.63, 3.8) is 0 Å². The monoisotopic (exact) mass is 629 g/mol. The van der Waals surface area contributed by atoms with Crippen molar-refractivity contribution < 1.29 is 79.4 Å². The second-order valence-corrected chi connectivity index (χ2v) is 8.70. The Kier molecular flexibility index (Phi) is 11.9. The van der Waals surface area contributed by atoms with Crippen LogP contribution in [0.5, 0.6) is 0 Å². The van der Waals surface area contributed by atoms with Crippen molar-refractivity contribution in [2.24, 2.45) is 0 Å². The minimum Gasteiger partial charge on any atom is -0.339 e. The first-order chi connectivity index (χ1) is 17.7. The van der Waals surface area contributed by atoms with Crippen LogP contribution in [-0.2, 0) is 4.79 Å². The van der Waals surface area contributed by atoms with Gasteiger partial charge in [0.25, 0.3) is 0 Å². The number of halogens is 17. The molecule has 0 aliphatic rings. The Morgan fingerprint density at radius 1 is 0.575 bits per heavy atom. The van der Waals surface area contributed by atoms with Crippen LogP contribution in [0.4, 0.5) is 74.6 Å². The lowest BCUT2D eigenvalue weighted by molar-refractivity contribution is -0.461. The number of hydrogen-bond acceptors (Lipinski definition) is 1. The molecule has 0 heterocycles. The average molecular weight is 629 g/mol. The molecule has 238 valence electrons. The molecule has 0 aromatic rings. The molecule has 0 unspecified atom stereocenters. The predicted molar refractivity (Wildman–Crippen MR) is 105 cm³/mol. The summed E-state index contributed by atoms with van der Waals surface area (Å²) in [4.78, 5) is 13.0. The van der Waals surface area contributed by atoms with Crippen LogP contribution in [0.25, 0.3) is 0 Å². The zero-order chi connectivity index (χ0) is 32.2. The average Bonchev–Trinajstić information content (AvgIpc) is 2.80. The molecular formula is C21H24F17NO. The number of amides is 1. The van der Waals surface area contributed by atoms with E-state index in [9.17, 15) is 79.4 Å². The van der Waals surface area contributed by atoms with E-state index in [1.54, 1.807) is 6.92 Å². The summed E-state index contributed by atoms with van der Waals surface area (Å²) in [5.74, 6) is -56.6. The highest BCUT2D eigenvalue weighted by Crippen LogP contribution is 2.64. The van der Waals surface area contributed by atoms with Crippen molar-refractivity contribution in [3.8, 4) is 0 Å². The molecule has 0 atom stereocenters. The van der Waals surface area contributed by atoms with Gasteiger partial charge < -0.3 is 4.90 Å². The fourth-order valence-corrected chi connectivity index (χ4v) is 3.17. The van der Waals surface area contributed by atoms with Crippen LogP contribution >= 0.6 is 0 Å². The third kappa shape index (κ3) is 6.73. The molecule has 0 fully saturated rings. The van der Waals surface area contributed by atoms with E-state index < -0.39 is 72.8 Å². The Balaban J connectivity index is 5.70. The zero-order valence-electron chi connectivity index (χ0n) is 20.4. The number of hydrogen-bond donors (Lipinski definition) is 0. The van der Waals surface area contributed by atoms with Crippen LogP contribution in [0, 0.1) is 0 Å². The van der Waals surface area contributed by atoms with Gasteiger partial charge in [-0.2, -0.15) is 74.6 Å². The van der Waals surface area contributed by atoms with Crippen molar-refractivity contribution in [1.82, 2.24) is 4.90 Å². The van der Waals surface area contributed by atoms with E-state index in [0.717, 1.165) is 6.08 Å². The number of unbranched alkanes of at least 4 members (excludes halogenated alkanes) is 4. The molecule has 0 N–H and O–H groups in total. The summed E-state index contributed by atoms with van der Waals surface area (Å²) in [5, 5.41) is 0. The molecule has 0 aliphatic heterocycles. The SMILES string of the molecule is C=CC(=O)N(CCCC)CCCCCCC(F)(F)C(F)(F)C(F)(F)C(F)(F)C(F)(F)C(F)(F)C(F)(F)C(F)(F)F. The smallest absolute Gasteiger partial charge is 0.339 e. The Bertz CT molecular complexity index is 851. The molecule has 2 nitrogen and oxygen atoms in total. The van der Waals surface area contributed by atoms with Crippen LogP contribution in [0.3, 0.4) is 0 Å². The number of rotatable bonds is 17. The van der Waals surface area contributed by atoms with Gasteiger partial charge >= 0.3 is 47.6 Å². The first kappa shape index (κ1) is 38.0. The predicted octanol–water partition coefficient (Wildman–Crippen LogP) is 8.76. The van der Waals surface area contributed by atoms with Gasteiger partial charge in [0, 0.05) is 19.5 Å². The van der Waals surface area contributed by atoms with Gasteiger partial charge in [-0.15, -0.1) is 0 Å². The molecule has 0 aromatic carbocycles. The van der Waals surface area contributed by atoms with Crippen molar-refractivity contribution in [3.05, 3.63) is 12.7 Å². The molecule has 19 heteroatoms. The van der Waals surface area contributed by atoms with Gasteiger partial charge in [0.1, 0.15) is 0 Å². The maximum atomic E-state index is 13.9. The number of alkyl halides is 17. The lowest BCUT2D eigenvalue weighted by atomic mass is 9.88. The van der Waals surface area contributed by atoms with Crippen molar-refractivity contribution >= 4 is 5.91 Å². The molecule has 0 aliphatic carbocycles. The van der Waals surface area contributed by atoms with E-state index in [2.05, 4.69) is 6.58 Å². The van der Waals surface area contributed by atoms with E-state index in [4.69, 9.17) is 0 Å². The van der Waals surface area contributed by atoms with E-state index in [1.807, 2.05) is 0 Å². The van der Waals surface area contributed by atoms with Gasteiger partial charge in [-0.3, -0.25) is 4.79 Å². The summed E-state index contributed by atoms with van der Waals surface area (Å²) >= 11 is 0. The van der Waals surface area contributed by atoms with Crippen molar-refractivity contribution in [2.45, 2.75) is 99.5 Å². The number of carbonyl (C=O) groups is 1. The Morgan fingerprint density at radius 3 is 1.35 bits per heavy atom. The largest absolute Gasteiger partial charge is 0.460 e. The molecule has 0 spiro atoms. The normalized spacial score (nSPS) is 14.8. The number of nitrogens with zero attached hydrogens (tertiary/aromatic N) is 1. The van der Waals surface area contributed by atoms with E-state index in [0.29, 0.717) is 12.8 Å². The van der Waals surface area contributed by atoms with Gasteiger partial charge in [0.15, 0.2) is 0 Å². The van der Waals surface area contributed by atoms with E-state index >= 15 is 0 Å². The molecule has 0 bridgehead atoms. The fraction of sp³-hybridized carbons (Fsp3) is 0.857. The third-order valence-electron chi connectivity index (χ3n) is 5.72. The molecule has 0 rings (SSSR count). The molecule has 40 heavy (non-hydrogen) atoms. The second kappa shape index (κ2) is 12.5. The van der Waals surface area contributed by atoms with Gasteiger partial charge in [-0.1, -0.05) is 32.8 Å². The molecule has 0 saturated carbocycles. The summed E-state index contributed by atoms with van der Waals surface area (Å²) < 4.78 is 225. The lowest BCUT2D eigenvalue weighted by Gasteiger charge is -2.42. The maximum absolute atomic E-state index is 13.9. The van der Waals surface area contributed by atoms with Crippen molar-refractivity contribution in [1.29, 1.82) is 0 Å². The first-order valence-corrected chi connectivity index (χ1v) is 11.3. The quantitative estimate of drug-likeness (QED) is 0.0896. The fourth-order valence-electron chi connectivity index (χ4n) is 3.17. The van der Waals surface area contributed by atoms with Crippen LogP contribution in [0.15, 0.2) is 12.7 Å². The van der Waals surface area contributed by atoms with Crippen LogP contribution in [0.2, 0.25) is 0 Å². The van der Waals surface area contributed by atoms with Gasteiger partial charge in [-0.05, 0) is 25.3 Å². The highest BCUT2D eigenvalue weighted by atomic mass is 19.4. The highest BCUT2D eigenvalue weighted by molar-refractivity contribution is 5.86. The van der Waals surface area contributed by atoms with Crippen LogP contribution in [0.1, 0.15) is 51.9 Å². The summed E-state index contributed by atoms with van der Waals surface area (Å²) in [6.45, 7) is 5.30. The minimum atomic E-state index is -8.62. The summed E-state index contributed by atoms with van der Waals surface area (Å²) in [6.07, 6.45) is -9.82. The third-order valence-corrected chi connectivity index (χ3v) is 5.72. The maximum Gasteiger partial charge on any atom is 0.460 e. The van der Waals surface area contributed by atoms with E-state index in [1.165, 1.54) is 4.90 Å². The number of carbonyl (C=O) groups excluding carboxylic acids is 1. The topological polar surface area (TPSA) is 20.3 Å². The zero-order valence-corrected chi connectivity index (χ0v) is 20.4. The highest BCUT2D eigenvalue weighted by Gasteiger charge is 2.95. The van der Waals surface area contributed by atoms with Gasteiger partial charge in [0.2, 0.25) is 5.91 Å². The molecule has 0 saturated heterocycles. The lowest BCUT2D eigenvalue weighted by Crippen LogP contribution is -2.74. The van der Waals surface area contributed by atoms with Crippen molar-refractivity contribution in [2.75, 3.05) is 13.1 Å². The minimum absolute atomic E-state index is 0.00749. The molecule has 0 aromatic heterocycles. The molecule has 0 radical (unpaired) electrons. The Morgan fingerprint density at radius 2 is 0.950 bits per heavy atom. The van der Waals surface area contributed by atoms with E-state index in [-0.39, 0.29) is 25.9 Å². The first-order valence-electron chi connectivity index (χ1n) is 11.3. The van der Waals surface area contributed by atoms with Crippen LogP contribution in [-0.4, -0.2) is 71.5 Å². The summed E-state index contributed by atoms with van der Waals surface area (Å²) in [5.41, 5.74) is 0. The Labute approximate surface area is 216 Å². The summed E-state index contributed by atoms with van der Waals surface area (Å²) in [6, 6.07) is 0. The standard InChI is InChI=1S/C21H24F17NO/c1-3-5-11-39(13(40)4-2)12-9-7-6-8-10-14(22,23)15(24,25)16(26,27)17(28,29)18(30,31)19(32,33)20(34,35)21(36,37)38/h4H,2-3,5-12H2,1H3. The molecule has 1 amide bonds.